The molecular weight excluding hydrogens is 480 g/mol. The Kier molecular flexibility index (Phi) is 11.2. The summed E-state index contributed by atoms with van der Waals surface area (Å²) in [6.07, 6.45) is 3.03. The zero-order chi connectivity index (χ0) is 27.4. The van der Waals surface area contributed by atoms with Crippen molar-refractivity contribution < 1.29 is 19.5 Å². The average molecular weight is 517 g/mol. The molecule has 0 fully saturated rings. The van der Waals surface area contributed by atoms with E-state index in [9.17, 15) is 19.5 Å². The highest BCUT2D eigenvalue weighted by molar-refractivity contribution is 5.93. The number of nitrogens with two attached hydrogens (primary N) is 5. The maximum atomic E-state index is 13.2. The Balaban J connectivity index is 2.14. The Labute approximate surface area is 214 Å². The number of guanidine groups is 2. The highest BCUT2D eigenvalue weighted by Gasteiger charge is 2.28. The minimum Gasteiger partial charge on any atom is -0.480 e. The van der Waals surface area contributed by atoms with Crippen molar-refractivity contribution in [3.8, 4) is 0 Å². The number of rotatable bonds is 15. The number of carbonyl (C=O) groups is 3. The van der Waals surface area contributed by atoms with Crippen molar-refractivity contribution in [3.05, 3.63) is 36.0 Å². The van der Waals surface area contributed by atoms with Crippen molar-refractivity contribution in [1.82, 2.24) is 15.6 Å². The molecule has 0 bridgehead atoms. The number of aromatic amines is 1. The lowest BCUT2D eigenvalue weighted by molar-refractivity contribution is -0.142. The number of aliphatic imine (C=N–C) groups is 2. The summed E-state index contributed by atoms with van der Waals surface area (Å²) >= 11 is 0. The third kappa shape index (κ3) is 9.68. The predicted molar refractivity (Wildman–Crippen MR) is 141 cm³/mol. The molecule has 202 valence electrons. The number of hydrogen-bond acceptors (Lipinski definition) is 6. The van der Waals surface area contributed by atoms with Gasteiger partial charge in [0.05, 0.1) is 6.04 Å². The number of aliphatic carboxylic acids is 1. The van der Waals surface area contributed by atoms with E-state index in [0.29, 0.717) is 19.4 Å². The molecule has 2 aromatic rings. The van der Waals surface area contributed by atoms with Crippen LogP contribution in [0.1, 0.15) is 31.2 Å². The summed E-state index contributed by atoms with van der Waals surface area (Å²) in [6.45, 7) is 0.523. The van der Waals surface area contributed by atoms with Gasteiger partial charge in [0, 0.05) is 36.6 Å². The van der Waals surface area contributed by atoms with E-state index in [1.807, 2.05) is 24.3 Å². The molecule has 0 saturated carbocycles. The molecule has 1 aromatic carbocycles. The van der Waals surface area contributed by atoms with Gasteiger partial charge in [0.2, 0.25) is 11.8 Å². The van der Waals surface area contributed by atoms with E-state index in [1.54, 1.807) is 6.20 Å². The molecule has 0 aliphatic heterocycles. The second kappa shape index (κ2) is 14.3. The van der Waals surface area contributed by atoms with Crippen LogP contribution in [0.3, 0.4) is 0 Å². The summed E-state index contributed by atoms with van der Waals surface area (Å²) < 4.78 is 0. The van der Waals surface area contributed by atoms with Crippen LogP contribution in [0.15, 0.2) is 40.4 Å². The SMILES string of the molecule is NC(N)=NCCC[C@H](NC(=O)[C@H](Cc1c[nH]c2ccccc12)NC(=O)[C@@H](N)CCCN=C(N)N)C(=O)O. The van der Waals surface area contributed by atoms with E-state index in [2.05, 4.69) is 25.6 Å². The van der Waals surface area contributed by atoms with E-state index in [-0.39, 0.29) is 37.7 Å². The molecule has 0 unspecified atom stereocenters. The van der Waals surface area contributed by atoms with E-state index >= 15 is 0 Å². The standard InChI is InChI=1S/C23H36N10O4/c24-15(6-3-9-29-22(25)26)19(34)33-18(11-13-12-31-16-7-2-1-5-14(13)16)20(35)32-17(21(36)37)8-4-10-30-23(27)28/h1-2,5,7,12,15,17-18,31H,3-4,6,8-11,24H2,(H,32,35)(H,33,34)(H,36,37)(H4,25,26,29)(H4,27,28,30)/t15-,17-,18-/m0/s1. The van der Waals surface area contributed by atoms with Gasteiger partial charge in [-0.25, -0.2) is 4.79 Å². The summed E-state index contributed by atoms with van der Waals surface area (Å²) in [5.74, 6) is -2.58. The van der Waals surface area contributed by atoms with Gasteiger partial charge in [0.15, 0.2) is 11.9 Å². The Bertz CT molecular complexity index is 1120. The molecule has 2 rings (SSSR count). The van der Waals surface area contributed by atoms with Crippen molar-refractivity contribution in [3.63, 3.8) is 0 Å². The fourth-order valence-corrected chi connectivity index (χ4v) is 3.69. The minimum absolute atomic E-state index is 0.0558. The summed E-state index contributed by atoms with van der Waals surface area (Å²) in [4.78, 5) is 48.6. The molecule has 2 amide bonds. The summed E-state index contributed by atoms with van der Waals surface area (Å²) in [5.41, 5.74) is 28.8. The van der Waals surface area contributed by atoms with Crippen LogP contribution >= 0.6 is 0 Å². The van der Waals surface area contributed by atoms with Crippen LogP contribution in [0.2, 0.25) is 0 Å². The number of H-pyrrole nitrogens is 1. The molecule has 1 aromatic heterocycles. The first-order chi connectivity index (χ1) is 17.6. The quantitative estimate of drug-likeness (QED) is 0.0732. The molecule has 0 spiro atoms. The molecule has 0 aliphatic rings. The lowest BCUT2D eigenvalue weighted by atomic mass is 10.0. The molecular formula is C23H36N10O4. The van der Waals surface area contributed by atoms with E-state index in [1.165, 1.54) is 0 Å². The lowest BCUT2D eigenvalue weighted by Crippen LogP contribution is -2.55. The van der Waals surface area contributed by atoms with Crippen molar-refractivity contribution >= 4 is 40.6 Å². The highest BCUT2D eigenvalue weighted by Crippen LogP contribution is 2.19. The predicted octanol–water partition coefficient (Wildman–Crippen LogP) is -1.80. The summed E-state index contributed by atoms with van der Waals surface area (Å²) in [7, 11) is 0. The molecule has 14 heteroatoms. The molecule has 0 saturated heterocycles. The Morgan fingerprint density at radius 3 is 2.11 bits per heavy atom. The van der Waals surface area contributed by atoms with Gasteiger partial charge in [-0.15, -0.1) is 0 Å². The van der Waals surface area contributed by atoms with Crippen LogP contribution in [-0.2, 0) is 20.8 Å². The molecule has 37 heavy (non-hydrogen) atoms. The van der Waals surface area contributed by atoms with Gasteiger partial charge >= 0.3 is 5.97 Å². The Hall–Kier alpha value is -4.33. The number of nitrogens with one attached hydrogen (secondary N) is 3. The number of benzene rings is 1. The van der Waals surface area contributed by atoms with Gasteiger partial charge in [0.25, 0.3) is 0 Å². The molecule has 0 aliphatic carbocycles. The first-order valence-corrected chi connectivity index (χ1v) is 11.8. The number of nitrogens with zero attached hydrogens (tertiary/aromatic N) is 2. The number of carbonyl (C=O) groups excluding carboxylic acids is 2. The van der Waals surface area contributed by atoms with Gasteiger partial charge in [-0.05, 0) is 37.3 Å². The largest absolute Gasteiger partial charge is 0.480 e. The van der Waals surface area contributed by atoms with Gasteiger partial charge in [-0.3, -0.25) is 19.6 Å². The summed E-state index contributed by atoms with van der Waals surface area (Å²) in [6, 6.07) is 4.31. The van der Waals surface area contributed by atoms with Crippen LogP contribution < -0.4 is 39.3 Å². The molecule has 0 radical (unpaired) electrons. The fraction of sp³-hybridized carbons (Fsp3) is 0.435. The van der Waals surface area contributed by atoms with Crippen LogP contribution in [0.4, 0.5) is 0 Å². The monoisotopic (exact) mass is 516 g/mol. The number of hydrogen-bond donors (Lipinski definition) is 9. The van der Waals surface area contributed by atoms with Gasteiger partial charge in [-0.2, -0.15) is 0 Å². The average Bonchev–Trinajstić information content (AvgIpc) is 3.25. The smallest absolute Gasteiger partial charge is 0.326 e. The van der Waals surface area contributed by atoms with Crippen molar-refractivity contribution in [1.29, 1.82) is 0 Å². The zero-order valence-corrected chi connectivity index (χ0v) is 20.5. The molecule has 3 atom stereocenters. The zero-order valence-electron chi connectivity index (χ0n) is 20.5. The maximum absolute atomic E-state index is 13.2. The van der Waals surface area contributed by atoms with Crippen molar-refractivity contribution in [2.24, 2.45) is 38.7 Å². The Morgan fingerprint density at radius 2 is 1.49 bits per heavy atom. The fourth-order valence-electron chi connectivity index (χ4n) is 3.69. The van der Waals surface area contributed by atoms with E-state index in [4.69, 9.17) is 28.7 Å². The van der Waals surface area contributed by atoms with E-state index in [0.717, 1.165) is 16.5 Å². The normalized spacial score (nSPS) is 13.2. The van der Waals surface area contributed by atoms with Crippen molar-refractivity contribution in [2.75, 3.05) is 13.1 Å². The topological polar surface area (TPSA) is 266 Å². The highest BCUT2D eigenvalue weighted by atomic mass is 16.4. The first kappa shape index (κ1) is 28.9. The van der Waals surface area contributed by atoms with Crippen LogP contribution in [-0.4, -0.2) is 71.0 Å². The second-order valence-corrected chi connectivity index (χ2v) is 8.53. The summed E-state index contributed by atoms with van der Waals surface area (Å²) in [5, 5.41) is 15.7. The van der Waals surface area contributed by atoms with Gasteiger partial charge in [0.1, 0.15) is 12.1 Å². The molecule has 14 N–H and O–H groups in total. The molecule has 14 nitrogen and oxygen atoms in total. The Morgan fingerprint density at radius 1 is 0.892 bits per heavy atom. The van der Waals surface area contributed by atoms with Crippen LogP contribution in [0.5, 0.6) is 0 Å². The second-order valence-electron chi connectivity index (χ2n) is 8.53. The number of aromatic nitrogens is 1. The lowest BCUT2D eigenvalue weighted by Gasteiger charge is -2.23. The maximum Gasteiger partial charge on any atom is 0.326 e. The number of amides is 2. The number of fused-ring (bicyclic) bond motifs is 1. The third-order valence-electron chi connectivity index (χ3n) is 5.60. The van der Waals surface area contributed by atoms with Crippen molar-refractivity contribution in [2.45, 2.75) is 50.2 Å². The minimum atomic E-state index is -1.22. The van der Waals surface area contributed by atoms with Gasteiger partial charge in [-0.1, -0.05) is 18.2 Å². The number of para-hydroxylation sites is 1. The third-order valence-corrected chi connectivity index (χ3v) is 5.60. The molecule has 1 heterocycles. The van der Waals surface area contributed by atoms with Gasteiger partial charge < -0.3 is 49.4 Å². The first-order valence-electron chi connectivity index (χ1n) is 11.8. The van der Waals surface area contributed by atoms with E-state index < -0.39 is 35.9 Å². The number of carboxylic acids is 1. The number of carboxylic acid groups (broad SMARTS) is 1. The van der Waals surface area contributed by atoms with Crippen LogP contribution in [0, 0.1) is 0 Å². The van der Waals surface area contributed by atoms with Crippen LogP contribution in [0.25, 0.3) is 10.9 Å².